The van der Waals surface area contributed by atoms with Crippen LogP contribution in [0.5, 0.6) is 0 Å². The average molecular weight is 394 g/mol. The van der Waals surface area contributed by atoms with Crippen molar-refractivity contribution in [2.24, 2.45) is 0 Å². The summed E-state index contributed by atoms with van der Waals surface area (Å²) in [5.41, 5.74) is 0.480. The van der Waals surface area contributed by atoms with Crippen LogP contribution in [0.25, 0.3) is 0 Å². The number of benzene rings is 1. The molecule has 1 aliphatic heterocycles. The highest BCUT2D eigenvalue weighted by molar-refractivity contribution is 6.30. The number of anilines is 1. The standard InChI is InChI=1S/C18H24ClN5O3/c1-12(16-20-17(21-27-16)18(2,3)4)22-7-9-23(10-8-22)14-6-5-13(19)11-15(14)24(25)26/h5-6,11-12H,7-10H2,1-4H3. The summed E-state index contributed by atoms with van der Waals surface area (Å²) in [5, 5.41) is 15.8. The number of nitro groups is 1. The fourth-order valence-corrected chi connectivity index (χ4v) is 3.29. The lowest BCUT2D eigenvalue weighted by atomic mass is 9.96. The monoisotopic (exact) mass is 393 g/mol. The van der Waals surface area contributed by atoms with Crippen molar-refractivity contribution < 1.29 is 9.45 Å². The number of nitrogens with zero attached hydrogens (tertiary/aromatic N) is 5. The molecule has 0 aliphatic carbocycles. The van der Waals surface area contributed by atoms with Gasteiger partial charge in [0.25, 0.3) is 5.69 Å². The van der Waals surface area contributed by atoms with Crippen molar-refractivity contribution in [3.05, 3.63) is 45.1 Å². The molecule has 1 saturated heterocycles. The van der Waals surface area contributed by atoms with E-state index < -0.39 is 0 Å². The van der Waals surface area contributed by atoms with Gasteiger partial charge < -0.3 is 9.42 Å². The van der Waals surface area contributed by atoms with Crippen LogP contribution in [0.4, 0.5) is 11.4 Å². The van der Waals surface area contributed by atoms with Crippen LogP contribution in [0.2, 0.25) is 5.02 Å². The summed E-state index contributed by atoms with van der Waals surface area (Å²) in [6.45, 7) is 11.0. The minimum absolute atomic E-state index is 0.00375. The van der Waals surface area contributed by atoms with Crippen molar-refractivity contribution in [2.75, 3.05) is 31.1 Å². The molecule has 0 amide bonds. The van der Waals surface area contributed by atoms with Gasteiger partial charge in [-0.05, 0) is 19.1 Å². The molecule has 2 aromatic rings. The molecule has 1 unspecified atom stereocenters. The van der Waals surface area contributed by atoms with Crippen LogP contribution in [0, 0.1) is 10.1 Å². The van der Waals surface area contributed by atoms with Gasteiger partial charge in [-0.1, -0.05) is 37.5 Å². The highest BCUT2D eigenvalue weighted by Gasteiger charge is 2.30. The maximum Gasteiger partial charge on any atom is 0.294 e. The zero-order valence-corrected chi connectivity index (χ0v) is 16.7. The van der Waals surface area contributed by atoms with Gasteiger partial charge in [-0.3, -0.25) is 15.0 Å². The number of hydrogen-bond acceptors (Lipinski definition) is 7. The molecule has 3 rings (SSSR count). The summed E-state index contributed by atoms with van der Waals surface area (Å²) in [6, 6.07) is 4.80. The van der Waals surface area contributed by atoms with Gasteiger partial charge in [0.2, 0.25) is 5.89 Å². The van der Waals surface area contributed by atoms with E-state index in [2.05, 4.69) is 15.0 Å². The number of nitro benzene ring substituents is 1. The van der Waals surface area contributed by atoms with Gasteiger partial charge >= 0.3 is 0 Å². The maximum absolute atomic E-state index is 11.3. The third-order valence-electron chi connectivity index (χ3n) is 4.81. The minimum atomic E-state index is -0.386. The first kappa shape index (κ1) is 19.6. The first-order valence-corrected chi connectivity index (χ1v) is 9.31. The third-order valence-corrected chi connectivity index (χ3v) is 5.04. The van der Waals surface area contributed by atoms with E-state index in [1.165, 1.54) is 6.07 Å². The summed E-state index contributed by atoms with van der Waals surface area (Å²) < 4.78 is 5.46. The number of halogens is 1. The van der Waals surface area contributed by atoms with E-state index in [9.17, 15) is 10.1 Å². The number of rotatable bonds is 4. The summed E-state index contributed by atoms with van der Waals surface area (Å²) in [6.07, 6.45) is 0. The fraction of sp³-hybridized carbons (Fsp3) is 0.556. The van der Waals surface area contributed by atoms with Crippen molar-refractivity contribution in [3.63, 3.8) is 0 Å². The minimum Gasteiger partial charge on any atom is -0.363 e. The average Bonchev–Trinajstić information content (AvgIpc) is 3.12. The molecule has 2 heterocycles. The first-order valence-electron chi connectivity index (χ1n) is 8.94. The second kappa shape index (κ2) is 7.44. The summed E-state index contributed by atoms with van der Waals surface area (Å²) >= 11 is 5.91. The van der Waals surface area contributed by atoms with E-state index in [1.807, 2.05) is 32.6 Å². The Balaban J connectivity index is 1.69. The predicted molar refractivity (Wildman–Crippen MR) is 103 cm³/mol. The number of hydrogen-bond donors (Lipinski definition) is 0. The van der Waals surface area contributed by atoms with Crippen LogP contribution >= 0.6 is 11.6 Å². The Labute approximate surface area is 163 Å². The largest absolute Gasteiger partial charge is 0.363 e. The Kier molecular flexibility index (Phi) is 5.39. The molecule has 9 heteroatoms. The van der Waals surface area contributed by atoms with Crippen molar-refractivity contribution in [1.82, 2.24) is 15.0 Å². The normalized spacial score (nSPS) is 17.1. The molecule has 0 saturated carbocycles. The number of piperazine rings is 1. The van der Waals surface area contributed by atoms with Gasteiger partial charge in [-0.15, -0.1) is 0 Å². The Morgan fingerprint density at radius 3 is 2.48 bits per heavy atom. The predicted octanol–water partition coefficient (Wildman–Crippen LogP) is 3.81. The van der Waals surface area contributed by atoms with E-state index in [-0.39, 0.29) is 22.1 Å². The van der Waals surface area contributed by atoms with Crippen LogP contribution < -0.4 is 4.90 Å². The topological polar surface area (TPSA) is 88.5 Å². The summed E-state index contributed by atoms with van der Waals surface area (Å²) in [4.78, 5) is 19.8. The zero-order chi connectivity index (χ0) is 19.8. The van der Waals surface area contributed by atoms with E-state index >= 15 is 0 Å². The molecule has 146 valence electrons. The highest BCUT2D eigenvalue weighted by atomic mass is 35.5. The van der Waals surface area contributed by atoms with Crippen LogP contribution in [0.15, 0.2) is 22.7 Å². The van der Waals surface area contributed by atoms with Crippen LogP contribution in [0.3, 0.4) is 0 Å². The van der Waals surface area contributed by atoms with Crippen LogP contribution in [-0.2, 0) is 5.41 Å². The van der Waals surface area contributed by atoms with Gasteiger partial charge in [-0.2, -0.15) is 4.98 Å². The first-order chi connectivity index (χ1) is 12.7. The second-order valence-electron chi connectivity index (χ2n) is 7.80. The number of aromatic nitrogens is 2. The highest BCUT2D eigenvalue weighted by Crippen LogP contribution is 2.32. The Morgan fingerprint density at radius 2 is 1.93 bits per heavy atom. The molecule has 0 N–H and O–H groups in total. The molecule has 27 heavy (non-hydrogen) atoms. The Morgan fingerprint density at radius 1 is 1.26 bits per heavy atom. The van der Waals surface area contributed by atoms with Gasteiger partial charge in [0.1, 0.15) is 5.69 Å². The van der Waals surface area contributed by atoms with E-state index in [0.29, 0.717) is 35.5 Å². The van der Waals surface area contributed by atoms with E-state index in [4.69, 9.17) is 16.1 Å². The quantitative estimate of drug-likeness (QED) is 0.576. The molecule has 0 radical (unpaired) electrons. The molecule has 0 spiro atoms. The third kappa shape index (κ3) is 4.22. The van der Waals surface area contributed by atoms with Gasteiger partial charge in [0.15, 0.2) is 5.82 Å². The smallest absolute Gasteiger partial charge is 0.294 e. The molecule has 0 bridgehead atoms. The van der Waals surface area contributed by atoms with Crippen molar-refractivity contribution in [3.8, 4) is 0 Å². The van der Waals surface area contributed by atoms with E-state index in [0.717, 1.165) is 13.1 Å². The Hall–Kier alpha value is -2.19. The lowest BCUT2D eigenvalue weighted by Crippen LogP contribution is -2.47. The molecule has 1 aliphatic rings. The molecule has 1 aromatic heterocycles. The lowest BCUT2D eigenvalue weighted by molar-refractivity contribution is -0.384. The maximum atomic E-state index is 11.3. The van der Waals surface area contributed by atoms with Gasteiger partial charge in [0.05, 0.1) is 11.0 Å². The molecule has 1 fully saturated rings. The summed E-state index contributed by atoms with van der Waals surface area (Å²) in [5.74, 6) is 1.30. The molecular weight excluding hydrogens is 370 g/mol. The van der Waals surface area contributed by atoms with Crippen molar-refractivity contribution in [2.45, 2.75) is 39.2 Å². The molecular formula is C18H24ClN5O3. The van der Waals surface area contributed by atoms with Crippen LogP contribution in [0.1, 0.15) is 45.5 Å². The Bertz CT molecular complexity index is 825. The fourth-order valence-electron chi connectivity index (χ4n) is 3.13. The zero-order valence-electron chi connectivity index (χ0n) is 16.0. The second-order valence-corrected chi connectivity index (χ2v) is 8.23. The summed E-state index contributed by atoms with van der Waals surface area (Å²) in [7, 11) is 0. The SMILES string of the molecule is CC(c1nc(C(C)(C)C)no1)N1CCN(c2ccc(Cl)cc2[N+](=O)[O-])CC1. The van der Waals surface area contributed by atoms with Crippen LogP contribution in [-0.4, -0.2) is 46.1 Å². The molecule has 1 atom stereocenters. The van der Waals surface area contributed by atoms with Gasteiger partial charge in [0, 0.05) is 42.7 Å². The molecule has 8 nitrogen and oxygen atoms in total. The van der Waals surface area contributed by atoms with E-state index in [1.54, 1.807) is 12.1 Å². The molecule has 1 aromatic carbocycles. The van der Waals surface area contributed by atoms with Gasteiger partial charge in [-0.25, -0.2) is 0 Å². The van der Waals surface area contributed by atoms with Crippen molar-refractivity contribution >= 4 is 23.0 Å². The lowest BCUT2D eigenvalue weighted by Gasteiger charge is -2.37. The van der Waals surface area contributed by atoms with Crippen molar-refractivity contribution in [1.29, 1.82) is 0 Å².